The lowest BCUT2D eigenvalue weighted by molar-refractivity contribution is -0.119. The Morgan fingerprint density at radius 3 is 2.59 bits per heavy atom. The Kier molecular flexibility index (Phi) is 3.75. The number of fused-ring (bicyclic) bond motifs is 1. The molecule has 2 amide bonds. The van der Waals surface area contributed by atoms with Crippen molar-refractivity contribution in [1.29, 1.82) is 0 Å². The van der Waals surface area contributed by atoms with Gasteiger partial charge >= 0.3 is 0 Å². The quantitative estimate of drug-likeness (QED) is 0.755. The summed E-state index contributed by atoms with van der Waals surface area (Å²) in [5.74, 6) is 0.131. The van der Waals surface area contributed by atoms with E-state index in [4.69, 9.17) is 4.74 Å². The molecule has 1 aromatic rings. The van der Waals surface area contributed by atoms with Gasteiger partial charge in [0.15, 0.2) is 6.61 Å². The van der Waals surface area contributed by atoms with Crippen LogP contribution in [0.4, 0.5) is 5.69 Å². The third kappa shape index (κ3) is 2.64. The number of benzene rings is 1. The van der Waals surface area contributed by atoms with Crippen molar-refractivity contribution in [1.82, 2.24) is 9.21 Å². The van der Waals surface area contributed by atoms with Gasteiger partial charge in [-0.2, -0.15) is 4.31 Å². The minimum Gasteiger partial charge on any atom is -0.482 e. The van der Waals surface area contributed by atoms with Crippen molar-refractivity contribution in [2.24, 2.45) is 0 Å². The maximum absolute atomic E-state index is 12.6. The second-order valence-electron chi connectivity index (χ2n) is 5.04. The number of nitrogens with zero attached hydrogens (tertiary/aromatic N) is 2. The van der Waals surface area contributed by atoms with Gasteiger partial charge in [0, 0.05) is 26.2 Å². The van der Waals surface area contributed by atoms with Gasteiger partial charge in [-0.3, -0.25) is 9.59 Å². The highest BCUT2D eigenvalue weighted by Crippen LogP contribution is 2.31. The topological polar surface area (TPSA) is 96.0 Å². The molecule has 22 heavy (non-hydrogen) atoms. The van der Waals surface area contributed by atoms with E-state index in [9.17, 15) is 18.0 Å². The summed E-state index contributed by atoms with van der Waals surface area (Å²) in [6, 6.07) is 4.38. The van der Waals surface area contributed by atoms with Crippen molar-refractivity contribution in [3.05, 3.63) is 18.2 Å². The SMILES string of the molecule is O=CN1CCN(S(=O)(=O)c2ccc3c(c2)NC(=O)CO3)CC1. The van der Waals surface area contributed by atoms with E-state index in [1.807, 2.05) is 0 Å². The summed E-state index contributed by atoms with van der Waals surface area (Å²) < 4.78 is 31.8. The standard InChI is InChI=1S/C13H15N3O5S/c17-9-15-3-5-16(6-4-15)22(19,20)10-1-2-12-11(7-10)14-13(18)8-21-12/h1-2,7,9H,3-6,8H2,(H,14,18). The van der Waals surface area contributed by atoms with Crippen molar-refractivity contribution in [3.8, 4) is 5.75 Å². The average molecular weight is 325 g/mol. The molecule has 9 heteroatoms. The highest BCUT2D eigenvalue weighted by atomic mass is 32.2. The molecule has 0 saturated carbocycles. The van der Waals surface area contributed by atoms with Crippen molar-refractivity contribution in [2.45, 2.75) is 4.90 Å². The molecule has 0 unspecified atom stereocenters. The normalized spacial score (nSPS) is 19.1. The van der Waals surface area contributed by atoms with Gasteiger partial charge in [0.05, 0.1) is 10.6 Å². The average Bonchev–Trinajstić information content (AvgIpc) is 2.54. The van der Waals surface area contributed by atoms with Gasteiger partial charge < -0.3 is 15.0 Å². The summed E-state index contributed by atoms with van der Waals surface area (Å²) in [5, 5.41) is 2.59. The van der Waals surface area contributed by atoms with Crippen LogP contribution in [0.5, 0.6) is 5.75 Å². The van der Waals surface area contributed by atoms with Crippen molar-refractivity contribution in [2.75, 3.05) is 38.1 Å². The third-order valence-corrected chi connectivity index (χ3v) is 5.54. The van der Waals surface area contributed by atoms with Crippen LogP contribution in [0.1, 0.15) is 0 Å². The first kappa shape index (κ1) is 14.8. The lowest BCUT2D eigenvalue weighted by Crippen LogP contribution is -2.47. The van der Waals surface area contributed by atoms with Crippen LogP contribution in [0.2, 0.25) is 0 Å². The number of rotatable bonds is 3. The molecule has 1 aromatic carbocycles. The Labute approximate surface area is 127 Å². The van der Waals surface area contributed by atoms with Gasteiger partial charge in [-0.25, -0.2) is 8.42 Å². The molecule has 3 rings (SSSR count). The fourth-order valence-electron chi connectivity index (χ4n) is 2.42. The highest BCUT2D eigenvalue weighted by molar-refractivity contribution is 7.89. The van der Waals surface area contributed by atoms with Crippen LogP contribution in [0.15, 0.2) is 23.1 Å². The summed E-state index contributed by atoms with van der Waals surface area (Å²) in [5.41, 5.74) is 0.351. The summed E-state index contributed by atoms with van der Waals surface area (Å²) in [4.78, 5) is 23.6. The first-order valence-electron chi connectivity index (χ1n) is 6.77. The number of anilines is 1. The minimum atomic E-state index is -3.66. The summed E-state index contributed by atoms with van der Waals surface area (Å²) >= 11 is 0. The third-order valence-electron chi connectivity index (χ3n) is 3.64. The van der Waals surface area contributed by atoms with E-state index in [1.165, 1.54) is 27.4 Å². The monoisotopic (exact) mass is 325 g/mol. The maximum Gasteiger partial charge on any atom is 0.262 e. The molecule has 0 spiro atoms. The number of amides is 2. The van der Waals surface area contributed by atoms with Gasteiger partial charge in [0.1, 0.15) is 5.75 Å². The number of ether oxygens (including phenoxy) is 1. The summed E-state index contributed by atoms with van der Waals surface area (Å²) in [7, 11) is -3.66. The molecule has 0 aliphatic carbocycles. The lowest BCUT2D eigenvalue weighted by Gasteiger charge is -2.31. The van der Waals surface area contributed by atoms with Crippen molar-refractivity contribution >= 4 is 28.0 Å². The largest absolute Gasteiger partial charge is 0.482 e. The van der Waals surface area contributed by atoms with Crippen LogP contribution in [0, 0.1) is 0 Å². The number of nitrogens with one attached hydrogen (secondary N) is 1. The Hall–Kier alpha value is -2.13. The second-order valence-corrected chi connectivity index (χ2v) is 6.98. The molecule has 0 bridgehead atoms. The number of hydrogen-bond acceptors (Lipinski definition) is 5. The van der Waals surface area contributed by atoms with Crippen LogP contribution < -0.4 is 10.1 Å². The van der Waals surface area contributed by atoms with E-state index in [2.05, 4.69) is 5.32 Å². The van der Waals surface area contributed by atoms with Gasteiger partial charge in [-0.05, 0) is 18.2 Å². The molecular formula is C13H15N3O5S. The minimum absolute atomic E-state index is 0.0766. The molecule has 0 radical (unpaired) electrons. The van der Waals surface area contributed by atoms with E-state index in [0.29, 0.717) is 24.5 Å². The van der Waals surface area contributed by atoms with Gasteiger partial charge in [0.2, 0.25) is 16.4 Å². The molecule has 2 aliphatic heterocycles. The number of piperazine rings is 1. The zero-order valence-electron chi connectivity index (χ0n) is 11.7. The predicted molar refractivity (Wildman–Crippen MR) is 77.0 cm³/mol. The van der Waals surface area contributed by atoms with E-state index in [0.717, 1.165) is 6.41 Å². The van der Waals surface area contributed by atoms with E-state index >= 15 is 0 Å². The summed E-state index contributed by atoms with van der Waals surface area (Å²) in [6.07, 6.45) is 0.718. The van der Waals surface area contributed by atoms with Crippen molar-refractivity contribution in [3.63, 3.8) is 0 Å². The van der Waals surface area contributed by atoms with Crippen LogP contribution >= 0.6 is 0 Å². The molecule has 2 aliphatic rings. The van der Waals surface area contributed by atoms with Crippen LogP contribution in [-0.2, 0) is 19.6 Å². The molecule has 0 aromatic heterocycles. The summed E-state index contributed by atoms with van der Waals surface area (Å²) in [6.45, 7) is 1.16. The molecule has 1 N–H and O–H groups in total. The first-order chi connectivity index (χ1) is 10.5. The van der Waals surface area contributed by atoms with Gasteiger partial charge in [-0.1, -0.05) is 0 Å². The Morgan fingerprint density at radius 1 is 1.18 bits per heavy atom. The van der Waals surface area contributed by atoms with Crippen molar-refractivity contribution < 1.29 is 22.7 Å². The molecule has 0 atom stereocenters. The van der Waals surface area contributed by atoms with Crippen LogP contribution in [-0.4, -0.2) is 62.7 Å². The zero-order valence-corrected chi connectivity index (χ0v) is 12.5. The zero-order chi connectivity index (χ0) is 15.7. The molecule has 8 nitrogen and oxygen atoms in total. The first-order valence-corrected chi connectivity index (χ1v) is 8.21. The molecule has 1 saturated heterocycles. The Balaban J connectivity index is 1.85. The lowest BCUT2D eigenvalue weighted by atomic mass is 10.2. The number of hydrogen-bond donors (Lipinski definition) is 1. The van der Waals surface area contributed by atoms with E-state index in [1.54, 1.807) is 0 Å². The Morgan fingerprint density at radius 2 is 1.91 bits per heavy atom. The van der Waals surface area contributed by atoms with Gasteiger partial charge in [-0.15, -0.1) is 0 Å². The number of carbonyl (C=O) groups is 2. The van der Waals surface area contributed by atoms with Gasteiger partial charge in [0.25, 0.3) is 5.91 Å². The fourth-order valence-corrected chi connectivity index (χ4v) is 3.87. The van der Waals surface area contributed by atoms with E-state index < -0.39 is 10.0 Å². The molecule has 118 valence electrons. The molecular weight excluding hydrogens is 310 g/mol. The van der Waals surface area contributed by atoms with E-state index in [-0.39, 0.29) is 30.5 Å². The second kappa shape index (κ2) is 5.58. The van der Waals surface area contributed by atoms with Crippen LogP contribution in [0.3, 0.4) is 0 Å². The predicted octanol–water partition coefficient (Wildman–Crippen LogP) is -0.520. The number of carbonyl (C=O) groups excluding carboxylic acids is 2. The fraction of sp³-hybridized carbons (Fsp3) is 0.385. The Bertz CT molecular complexity index is 710. The number of sulfonamides is 1. The van der Waals surface area contributed by atoms with Crippen LogP contribution in [0.25, 0.3) is 0 Å². The highest BCUT2D eigenvalue weighted by Gasteiger charge is 2.29. The molecule has 2 heterocycles. The molecule has 1 fully saturated rings. The smallest absolute Gasteiger partial charge is 0.262 e. The maximum atomic E-state index is 12.6.